The van der Waals surface area contributed by atoms with Gasteiger partial charge < -0.3 is 5.11 Å². The molecule has 0 bridgehead atoms. The normalized spacial score (nSPS) is 12.9. The van der Waals surface area contributed by atoms with Gasteiger partial charge in [-0.1, -0.05) is 23.7 Å². The van der Waals surface area contributed by atoms with Crippen LogP contribution in [0.5, 0.6) is 0 Å². The molecule has 17 heavy (non-hydrogen) atoms. The van der Waals surface area contributed by atoms with Crippen molar-refractivity contribution >= 4 is 22.9 Å². The van der Waals surface area contributed by atoms with Crippen LogP contribution in [0.1, 0.15) is 35.6 Å². The molecule has 2 rings (SSSR count). The highest BCUT2D eigenvalue weighted by Crippen LogP contribution is 2.35. The van der Waals surface area contributed by atoms with Gasteiger partial charge in [0.05, 0.1) is 21.8 Å². The van der Waals surface area contributed by atoms with Gasteiger partial charge in [-0.3, -0.25) is 0 Å². The Morgan fingerprint density at radius 2 is 2.35 bits per heavy atom. The van der Waals surface area contributed by atoms with Crippen LogP contribution in [0, 0.1) is 6.92 Å². The highest BCUT2D eigenvalue weighted by atomic mass is 35.5. The van der Waals surface area contributed by atoms with Crippen molar-refractivity contribution in [2.45, 2.75) is 32.9 Å². The van der Waals surface area contributed by atoms with Crippen LogP contribution in [0.4, 0.5) is 0 Å². The van der Waals surface area contributed by atoms with Crippen LogP contribution in [0.3, 0.4) is 0 Å². The SMILES string of the molecule is CCCn1nncc1C(O)c1scc(C)c1Cl. The number of aromatic nitrogens is 3. The van der Waals surface area contributed by atoms with E-state index in [1.807, 2.05) is 12.3 Å². The molecular weight excluding hydrogens is 258 g/mol. The van der Waals surface area contributed by atoms with E-state index < -0.39 is 6.10 Å². The number of hydrogen-bond acceptors (Lipinski definition) is 4. The molecule has 0 saturated carbocycles. The minimum atomic E-state index is -0.747. The first-order valence-corrected chi connectivity index (χ1v) is 6.70. The summed E-state index contributed by atoms with van der Waals surface area (Å²) in [6, 6.07) is 0. The quantitative estimate of drug-likeness (QED) is 0.930. The van der Waals surface area contributed by atoms with Crippen molar-refractivity contribution < 1.29 is 5.11 Å². The summed E-state index contributed by atoms with van der Waals surface area (Å²) < 4.78 is 1.72. The van der Waals surface area contributed by atoms with Crippen LogP contribution in [0.25, 0.3) is 0 Å². The third-order valence-electron chi connectivity index (χ3n) is 2.54. The number of aryl methyl sites for hydroxylation is 2. The molecule has 0 aliphatic heterocycles. The highest BCUT2D eigenvalue weighted by Gasteiger charge is 2.21. The first-order valence-electron chi connectivity index (χ1n) is 5.45. The number of rotatable bonds is 4. The van der Waals surface area contributed by atoms with Gasteiger partial charge >= 0.3 is 0 Å². The number of nitrogens with zero attached hydrogens (tertiary/aromatic N) is 3. The average Bonchev–Trinajstić information content (AvgIpc) is 2.88. The van der Waals surface area contributed by atoms with E-state index in [0.29, 0.717) is 10.7 Å². The van der Waals surface area contributed by atoms with Crippen molar-refractivity contribution in [1.82, 2.24) is 15.0 Å². The van der Waals surface area contributed by atoms with Crippen LogP contribution in [0.15, 0.2) is 11.6 Å². The number of thiophene rings is 1. The fourth-order valence-electron chi connectivity index (χ4n) is 1.63. The predicted molar refractivity (Wildman–Crippen MR) is 68.4 cm³/mol. The van der Waals surface area contributed by atoms with Gasteiger partial charge in [-0.2, -0.15) is 0 Å². The molecule has 92 valence electrons. The maximum atomic E-state index is 10.3. The molecule has 0 radical (unpaired) electrons. The minimum absolute atomic E-state index is 0.631. The van der Waals surface area contributed by atoms with Crippen molar-refractivity contribution in [3.05, 3.63) is 32.7 Å². The molecule has 0 amide bonds. The molecule has 1 N–H and O–H groups in total. The summed E-state index contributed by atoms with van der Waals surface area (Å²) >= 11 is 7.61. The van der Waals surface area contributed by atoms with E-state index in [9.17, 15) is 5.11 Å². The largest absolute Gasteiger partial charge is 0.381 e. The number of aliphatic hydroxyl groups is 1. The third-order valence-corrected chi connectivity index (χ3v) is 4.30. The highest BCUT2D eigenvalue weighted by molar-refractivity contribution is 7.10. The Labute approximate surface area is 109 Å². The number of aliphatic hydroxyl groups excluding tert-OH is 1. The average molecular weight is 272 g/mol. The lowest BCUT2D eigenvalue weighted by atomic mass is 10.2. The lowest BCUT2D eigenvalue weighted by Gasteiger charge is -2.11. The van der Waals surface area contributed by atoms with E-state index >= 15 is 0 Å². The minimum Gasteiger partial charge on any atom is -0.381 e. The molecule has 0 aliphatic rings. The Kier molecular flexibility index (Phi) is 3.81. The Hall–Kier alpha value is -0.910. The van der Waals surface area contributed by atoms with Crippen LogP contribution in [-0.4, -0.2) is 20.1 Å². The summed E-state index contributed by atoms with van der Waals surface area (Å²) in [6.07, 6.45) is 1.79. The van der Waals surface area contributed by atoms with Gasteiger partial charge in [0, 0.05) is 6.54 Å². The van der Waals surface area contributed by atoms with Crippen molar-refractivity contribution in [2.75, 3.05) is 0 Å². The Morgan fingerprint density at radius 3 is 2.94 bits per heavy atom. The predicted octanol–water partition coefficient (Wildman–Crippen LogP) is 2.79. The molecule has 0 saturated heterocycles. The van der Waals surface area contributed by atoms with Gasteiger partial charge in [0.25, 0.3) is 0 Å². The Bertz CT molecular complexity index is 509. The summed E-state index contributed by atoms with van der Waals surface area (Å²) in [4.78, 5) is 0.754. The van der Waals surface area contributed by atoms with Crippen LogP contribution < -0.4 is 0 Å². The first kappa shape index (κ1) is 12.5. The van der Waals surface area contributed by atoms with E-state index in [2.05, 4.69) is 17.2 Å². The zero-order valence-corrected chi connectivity index (χ0v) is 11.3. The first-order chi connectivity index (χ1) is 8.15. The zero-order chi connectivity index (χ0) is 12.4. The fourth-order valence-corrected chi connectivity index (χ4v) is 2.92. The van der Waals surface area contributed by atoms with E-state index in [0.717, 1.165) is 23.4 Å². The van der Waals surface area contributed by atoms with Gasteiger partial charge in [0.2, 0.25) is 0 Å². The van der Waals surface area contributed by atoms with Gasteiger partial charge in [0.15, 0.2) is 0 Å². The van der Waals surface area contributed by atoms with Crippen LogP contribution >= 0.6 is 22.9 Å². The molecule has 0 aromatic carbocycles. The standard InChI is InChI=1S/C11H14ClN3OS/c1-3-4-15-8(5-13-14-15)10(16)11-9(12)7(2)6-17-11/h5-6,10,16H,3-4H2,1-2H3. The van der Waals surface area contributed by atoms with Crippen molar-refractivity contribution in [2.24, 2.45) is 0 Å². The molecule has 2 heterocycles. The zero-order valence-electron chi connectivity index (χ0n) is 9.72. The second kappa shape index (κ2) is 5.16. The second-order valence-electron chi connectivity index (χ2n) is 3.88. The van der Waals surface area contributed by atoms with E-state index in [1.54, 1.807) is 10.9 Å². The van der Waals surface area contributed by atoms with Gasteiger partial charge in [0.1, 0.15) is 6.10 Å². The molecule has 1 unspecified atom stereocenters. The maximum Gasteiger partial charge on any atom is 0.133 e. The molecule has 6 heteroatoms. The van der Waals surface area contributed by atoms with E-state index in [1.165, 1.54) is 11.3 Å². The molecule has 1 atom stereocenters. The summed E-state index contributed by atoms with van der Waals surface area (Å²) in [6.45, 7) is 4.73. The lowest BCUT2D eigenvalue weighted by Crippen LogP contribution is -2.09. The summed E-state index contributed by atoms with van der Waals surface area (Å²) in [7, 11) is 0. The molecular formula is C11H14ClN3OS. The van der Waals surface area contributed by atoms with E-state index in [-0.39, 0.29) is 0 Å². The topological polar surface area (TPSA) is 50.9 Å². The monoisotopic (exact) mass is 271 g/mol. The summed E-state index contributed by atoms with van der Waals surface area (Å²) in [5.41, 5.74) is 1.68. The smallest absolute Gasteiger partial charge is 0.133 e. The van der Waals surface area contributed by atoms with Gasteiger partial charge in [-0.25, -0.2) is 4.68 Å². The molecule has 0 aliphatic carbocycles. The third kappa shape index (κ3) is 2.36. The number of halogens is 1. The number of hydrogen-bond donors (Lipinski definition) is 1. The van der Waals surface area contributed by atoms with Gasteiger partial charge in [-0.05, 0) is 24.3 Å². The Morgan fingerprint density at radius 1 is 1.59 bits per heavy atom. The fraction of sp³-hybridized carbons (Fsp3) is 0.455. The molecule has 2 aromatic rings. The van der Waals surface area contributed by atoms with Crippen LogP contribution in [-0.2, 0) is 6.54 Å². The lowest BCUT2D eigenvalue weighted by molar-refractivity contribution is 0.211. The maximum absolute atomic E-state index is 10.3. The summed E-state index contributed by atoms with van der Waals surface area (Å²) in [5, 5.41) is 20.7. The van der Waals surface area contributed by atoms with E-state index in [4.69, 9.17) is 11.6 Å². The molecule has 0 fully saturated rings. The van der Waals surface area contributed by atoms with Crippen molar-refractivity contribution in [3.63, 3.8) is 0 Å². The molecule has 0 spiro atoms. The molecule has 2 aromatic heterocycles. The van der Waals surface area contributed by atoms with Crippen LogP contribution in [0.2, 0.25) is 5.02 Å². The van der Waals surface area contributed by atoms with Crippen molar-refractivity contribution in [3.8, 4) is 0 Å². The molecule has 4 nitrogen and oxygen atoms in total. The second-order valence-corrected chi connectivity index (χ2v) is 5.17. The van der Waals surface area contributed by atoms with Gasteiger partial charge in [-0.15, -0.1) is 16.4 Å². The summed E-state index contributed by atoms with van der Waals surface area (Å²) in [5.74, 6) is 0. The Balaban J connectivity index is 2.33. The van der Waals surface area contributed by atoms with Crippen molar-refractivity contribution in [1.29, 1.82) is 0 Å².